The molecule has 0 atom stereocenters. The summed E-state index contributed by atoms with van der Waals surface area (Å²) in [4.78, 5) is 27.8. The summed E-state index contributed by atoms with van der Waals surface area (Å²) in [6.07, 6.45) is 0.132. The first-order chi connectivity index (χ1) is 17.5. The van der Waals surface area contributed by atoms with Gasteiger partial charge >= 0.3 is 5.69 Å². The lowest BCUT2D eigenvalue weighted by Gasteiger charge is -2.20. The van der Waals surface area contributed by atoms with Gasteiger partial charge in [0.05, 0.1) is 30.1 Å². The SMILES string of the molecule is COc1ccc(CNS(=O)(=O)CCCn2c(Nc3cc(C)cc(C#N)c3)c(C(C)C)c(=O)[nH]c2=O)cc1. The Balaban J connectivity index is 1.81. The van der Waals surface area contributed by atoms with Crippen molar-refractivity contribution < 1.29 is 13.2 Å². The molecule has 196 valence electrons. The third kappa shape index (κ3) is 7.31. The van der Waals surface area contributed by atoms with E-state index in [0.29, 0.717) is 22.6 Å². The molecule has 2 aromatic carbocycles. The molecule has 3 rings (SSSR count). The van der Waals surface area contributed by atoms with Crippen LogP contribution in [0, 0.1) is 18.3 Å². The van der Waals surface area contributed by atoms with Crippen molar-refractivity contribution in [2.24, 2.45) is 0 Å². The smallest absolute Gasteiger partial charge is 0.329 e. The number of aromatic nitrogens is 2. The third-order valence-corrected chi connectivity index (χ3v) is 7.14. The fourth-order valence-electron chi connectivity index (χ4n) is 3.95. The second kappa shape index (κ2) is 11.9. The minimum Gasteiger partial charge on any atom is -0.497 e. The molecule has 10 nitrogen and oxygen atoms in total. The summed E-state index contributed by atoms with van der Waals surface area (Å²) in [6.45, 7) is 5.68. The monoisotopic (exact) mass is 525 g/mol. The van der Waals surface area contributed by atoms with Crippen LogP contribution >= 0.6 is 0 Å². The number of nitriles is 1. The Morgan fingerprint density at radius 1 is 1.14 bits per heavy atom. The molecule has 11 heteroatoms. The van der Waals surface area contributed by atoms with Gasteiger partial charge in [0, 0.05) is 18.8 Å². The lowest BCUT2D eigenvalue weighted by Crippen LogP contribution is -2.35. The lowest BCUT2D eigenvalue weighted by atomic mass is 10.0. The Morgan fingerprint density at radius 2 is 1.84 bits per heavy atom. The second-order valence-corrected chi connectivity index (χ2v) is 10.9. The van der Waals surface area contributed by atoms with Crippen molar-refractivity contribution in [3.05, 3.63) is 85.6 Å². The van der Waals surface area contributed by atoms with Crippen molar-refractivity contribution in [3.8, 4) is 11.8 Å². The average Bonchev–Trinajstić information content (AvgIpc) is 2.84. The molecule has 0 aliphatic heterocycles. The van der Waals surface area contributed by atoms with E-state index in [1.807, 2.05) is 20.8 Å². The number of nitrogens with zero attached hydrogens (tertiary/aromatic N) is 2. The number of ether oxygens (including phenoxy) is 1. The Hall–Kier alpha value is -3.88. The topological polar surface area (TPSA) is 146 Å². The molecule has 0 saturated carbocycles. The van der Waals surface area contributed by atoms with E-state index in [2.05, 4.69) is 21.1 Å². The van der Waals surface area contributed by atoms with Crippen LogP contribution in [0.2, 0.25) is 0 Å². The summed E-state index contributed by atoms with van der Waals surface area (Å²) < 4.78 is 34.2. The number of benzene rings is 2. The van der Waals surface area contributed by atoms with Crippen LogP contribution in [-0.2, 0) is 23.1 Å². The van der Waals surface area contributed by atoms with E-state index in [1.165, 1.54) is 4.57 Å². The van der Waals surface area contributed by atoms with Gasteiger partial charge in [-0.3, -0.25) is 14.3 Å². The van der Waals surface area contributed by atoms with E-state index in [0.717, 1.165) is 11.1 Å². The third-order valence-electron chi connectivity index (χ3n) is 5.73. The van der Waals surface area contributed by atoms with Gasteiger partial charge in [-0.1, -0.05) is 26.0 Å². The van der Waals surface area contributed by atoms with Gasteiger partial charge in [0.15, 0.2) is 0 Å². The molecule has 0 bridgehead atoms. The standard InChI is InChI=1S/C26H31N5O5S/c1-17(2)23-24(29-21-13-18(3)12-20(14-21)15-27)31(26(33)30-25(23)32)10-5-11-37(34,35)28-16-19-6-8-22(36-4)9-7-19/h6-9,12-14,17,28-29H,5,10-11,16H2,1-4H3,(H,30,32,33). The molecular formula is C26H31N5O5S. The second-order valence-electron chi connectivity index (χ2n) is 8.99. The van der Waals surface area contributed by atoms with Crippen molar-refractivity contribution in [2.75, 3.05) is 18.2 Å². The number of methoxy groups -OCH3 is 1. The normalized spacial score (nSPS) is 11.4. The van der Waals surface area contributed by atoms with Gasteiger partial charge in [0.1, 0.15) is 11.6 Å². The summed E-state index contributed by atoms with van der Waals surface area (Å²) in [5, 5.41) is 12.5. The molecule has 3 N–H and O–H groups in total. The predicted octanol–water partition coefficient (Wildman–Crippen LogP) is 3.10. The van der Waals surface area contributed by atoms with E-state index >= 15 is 0 Å². The summed E-state index contributed by atoms with van der Waals surface area (Å²) in [7, 11) is -2.07. The minimum atomic E-state index is -3.62. The average molecular weight is 526 g/mol. The molecular weight excluding hydrogens is 494 g/mol. The largest absolute Gasteiger partial charge is 0.497 e. The summed E-state index contributed by atoms with van der Waals surface area (Å²) >= 11 is 0. The molecule has 1 heterocycles. The van der Waals surface area contributed by atoms with Crippen LogP contribution in [0.1, 0.15) is 48.4 Å². The highest BCUT2D eigenvalue weighted by atomic mass is 32.2. The lowest BCUT2D eigenvalue weighted by molar-refractivity contribution is 0.414. The van der Waals surface area contributed by atoms with E-state index < -0.39 is 21.3 Å². The number of anilines is 2. The number of H-pyrrole nitrogens is 1. The van der Waals surface area contributed by atoms with E-state index in [4.69, 9.17) is 4.74 Å². The molecule has 0 aliphatic rings. The molecule has 0 radical (unpaired) electrons. The van der Waals surface area contributed by atoms with E-state index in [-0.39, 0.29) is 37.0 Å². The zero-order valence-electron chi connectivity index (χ0n) is 21.3. The van der Waals surface area contributed by atoms with Crippen molar-refractivity contribution >= 4 is 21.5 Å². The molecule has 0 fully saturated rings. The number of rotatable bonds is 11. The first-order valence-electron chi connectivity index (χ1n) is 11.8. The van der Waals surface area contributed by atoms with Crippen LogP contribution in [-0.4, -0.2) is 30.8 Å². The van der Waals surface area contributed by atoms with Gasteiger partial charge in [0.2, 0.25) is 10.0 Å². The molecule has 3 aromatic rings. The van der Waals surface area contributed by atoms with Crippen LogP contribution in [0.4, 0.5) is 11.5 Å². The maximum Gasteiger partial charge on any atom is 0.329 e. The number of hydrogen-bond acceptors (Lipinski definition) is 7. The van der Waals surface area contributed by atoms with Crippen LogP contribution in [0.25, 0.3) is 0 Å². The van der Waals surface area contributed by atoms with E-state index in [9.17, 15) is 23.3 Å². The molecule has 0 saturated heterocycles. The first-order valence-corrected chi connectivity index (χ1v) is 13.4. The van der Waals surface area contributed by atoms with Crippen molar-refractivity contribution in [2.45, 2.75) is 46.2 Å². The molecule has 0 unspecified atom stereocenters. The maximum atomic E-state index is 12.8. The molecule has 37 heavy (non-hydrogen) atoms. The van der Waals surface area contributed by atoms with Crippen molar-refractivity contribution in [3.63, 3.8) is 0 Å². The van der Waals surface area contributed by atoms with Gasteiger partial charge in [-0.15, -0.1) is 0 Å². The summed E-state index contributed by atoms with van der Waals surface area (Å²) in [6, 6.07) is 14.3. The van der Waals surface area contributed by atoms with Crippen molar-refractivity contribution in [1.82, 2.24) is 14.3 Å². The van der Waals surface area contributed by atoms with Gasteiger partial charge < -0.3 is 10.1 Å². The molecule has 1 aromatic heterocycles. The van der Waals surface area contributed by atoms with Gasteiger partial charge in [-0.25, -0.2) is 17.9 Å². The molecule has 0 aliphatic carbocycles. The molecule has 0 spiro atoms. The van der Waals surface area contributed by atoms with E-state index in [1.54, 1.807) is 49.6 Å². The molecule has 0 amide bonds. The van der Waals surface area contributed by atoms with Crippen LogP contribution in [0.5, 0.6) is 5.75 Å². The highest BCUT2D eigenvalue weighted by Crippen LogP contribution is 2.25. The highest BCUT2D eigenvalue weighted by molar-refractivity contribution is 7.89. The Morgan fingerprint density at radius 3 is 2.46 bits per heavy atom. The minimum absolute atomic E-state index is 0.0536. The van der Waals surface area contributed by atoms with Gasteiger partial charge in [-0.05, 0) is 60.7 Å². The number of aryl methyl sites for hydroxylation is 1. The zero-order chi connectivity index (χ0) is 27.2. The number of sulfonamides is 1. The van der Waals surface area contributed by atoms with Crippen LogP contribution in [0.15, 0.2) is 52.1 Å². The van der Waals surface area contributed by atoms with Gasteiger partial charge in [0.25, 0.3) is 5.56 Å². The Labute approximate surface area is 216 Å². The number of aromatic amines is 1. The summed E-state index contributed by atoms with van der Waals surface area (Å²) in [5.41, 5.74) is 1.80. The highest BCUT2D eigenvalue weighted by Gasteiger charge is 2.19. The zero-order valence-corrected chi connectivity index (χ0v) is 22.1. The Kier molecular flexibility index (Phi) is 8.91. The van der Waals surface area contributed by atoms with Crippen molar-refractivity contribution in [1.29, 1.82) is 5.26 Å². The maximum absolute atomic E-state index is 12.8. The fourth-order valence-corrected chi connectivity index (χ4v) is 4.99. The van der Waals surface area contributed by atoms with Crippen LogP contribution < -0.4 is 26.0 Å². The fraction of sp³-hybridized carbons (Fsp3) is 0.346. The van der Waals surface area contributed by atoms with Crippen LogP contribution in [0.3, 0.4) is 0 Å². The number of hydrogen-bond donors (Lipinski definition) is 3. The summed E-state index contributed by atoms with van der Waals surface area (Å²) in [5.74, 6) is 0.515. The Bertz CT molecular complexity index is 1520. The first kappa shape index (κ1) is 27.7. The predicted molar refractivity (Wildman–Crippen MR) is 143 cm³/mol. The number of nitrogens with one attached hydrogen (secondary N) is 3. The quantitative estimate of drug-likeness (QED) is 0.349. The van der Waals surface area contributed by atoms with Gasteiger partial charge in [-0.2, -0.15) is 5.26 Å².